The molecule has 0 radical (unpaired) electrons. The van der Waals surface area contributed by atoms with E-state index in [1.165, 1.54) is 51.4 Å². The zero-order valence-electron chi connectivity index (χ0n) is 11.7. The summed E-state index contributed by atoms with van der Waals surface area (Å²) in [6, 6.07) is 0. The lowest BCUT2D eigenvalue weighted by molar-refractivity contribution is 0.586. The third-order valence-electron chi connectivity index (χ3n) is 2.76. The Morgan fingerprint density at radius 3 is 1.85 bits per heavy atom. The van der Waals surface area contributed by atoms with Gasteiger partial charge in [0.1, 0.15) is 4.49 Å². The van der Waals surface area contributed by atoms with E-state index in [2.05, 4.69) is 38.8 Å². The average molecular weight is 488 g/mol. The average Bonchev–Trinajstić information content (AvgIpc) is 2.43. The summed E-state index contributed by atoms with van der Waals surface area (Å²) >= 11 is 25.8. The van der Waals surface area contributed by atoms with Crippen LogP contribution in [0.15, 0.2) is 17.8 Å². The van der Waals surface area contributed by atoms with Crippen LogP contribution in [0.4, 0.5) is 0 Å². The van der Waals surface area contributed by atoms with Crippen molar-refractivity contribution in [3.05, 3.63) is 17.8 Å². The summed E-state index contributed by atoms with van der Waals surface area (Å²) in [6.45, 7) is 2.25. The molecule has 118 valence electrons. The van der Waals surface area contributed by atoms with E-state index in [-0.39, 0.29) is 4.49 Å². The number of hydrogen-bond acceptors (Lipinski definition) is 1. The van der Waals surface area contributed by atoms with Gasteiger partial charge in [-0.15, -0.1) is 11.8 Å². The van der Waals surface area contributed by atoms with Gasteiger partial charge in [-0.1, -0.05) is 86.7 Å². The molecule has 0 rings (SSSR count). The Labute approximate surface area is 159 Å². The van der Waals surface area contributed by atoms with Crippen LogP contribution in [0.5, 0.6) is 0 Å². The maximum absolute atomic E-state index is 5.95. The van der Waals surface area contributed by atoms with Crippen molar-refractivity contribution in [1.29, 1.82) is 0 Å². The number of hydrogen-bond donors (Lipinski definition) is 0. The number of allylic oxidation sites excluding steroid dienone is 2. The third kappa shape index (κ3) is 11.3. The molecule has 0 saturated carbocycles. The maximum Gasteiger partial charge on any atom is 0.126 e. The first kappa shape index (κ1) is 21.7. The Morgan fingerprint density at radius 2 is 1.35 bits per heavy atom. The second-order valence-corrected chi connectivity index (χ2v) is 9.03. The van der Waals surface area contributed by atoms with Crippen LogP contribution in [-0.2, 0) is 0 Å². The van der Waals surface area contributed by atoms with Crippen LogP contribution in [0, 0.1) is 0 Å². The summed E-state index contributed by atoms with van der Waals surface area (Å²) in [5.74, 6) is 1.06. The van der Waals surface area contributed by atoms with Gasteiger partial charge in [-0.05, 0) is 44.0 Å². The summed E-state index contributed by atoms with van der Waals surface area (Å²) < 4.78 is 1.72. The normalized spacial score (nSPS) is 12.3. The van der Waals surface area contributed by atoms with E-state index in [9.17, 15) is 0 Å². The molecule has 0 atom stereocenters. The summed E-state index contributed by atoms with van der Waals surface area (Å²) in [5, 5.41) is 0.337. The van der Waals surface area contributed by atoms with Crippen LogP contribution >= 0.6 is 78.4 Å². The summed E-state index contributed by atoms with van der Waals surface area (Å²) in [5.41, 5.74) is 0. The predicted molar refractivity (Wildman–Crippen MR) is 105 cm³/mol. The molecule has 0 nitrogen and oxygen atoms in total. The molecule has 0 aromatic rings. The van der Waals surface area contributed by atoms with E-state index in [4.69, 9.17) is 34.8 Å². The SMILES string of the molecule is CCCCCCCCCCS/C(Br)=C(\Br)C(Cl)=C(Cl)Cl. The highest BCUT2D eigenvalue weighted by atomic mass is 79.9. The molecule has 0 saturated heterocycles. The predicted octanol–water partition coefficient (Wildman–Crippen LogP) is 8.70. The highest BCUT2D eigenvalue weighted by molar-refractivity contribution is 9.15. The van der Waals surface area contributed by atoms with Gasteiger partial charge in [-0.25, -0.2) is 0 Å². The van der Waals surface area contributed by atoms with Gasteiger partial charge in [-0.2, -0.15) is 0 Å². The van der Waals surface area contributed by atoms with Gasteiger partial charge in [0.2, 0.25) is 0 Å². The van der Waals surface area contributed by atoms with Crippen LogP contribution in [0.2, 0.25) is 0 Å². The largest absolute Gasteiger partial charge is 0.126 e. The highest BCUT2D eigenvalue weighted by Crippen LogP contribution is 2.38. The third-order valence-corrected chi connectivity index (χ3v) is 7.56. The van der Waals surface area contributed by atoms with Gasteiger partial charge < -0.3 is 0 Å². The van der Waals surface area contributed by atoms with Gasteiger partial charge in [0.25, 0.3) is 0 Å². The van der Waals surface area contributed by atoms with Crippen molar-refractivity contribution in [2.75, 3.05) is 5.75 Å². The van der Waals surface area contributed by atoms with Crippen LogP contribution in [0.25, 0.3) is 0 Å². The Hall–Kier alpha value is 1.66. The zero-order valence-corrected chi connectivity index (χ0v) is 17.9. The topological polar surface area (TPSA) is 0 Å². The van der Waals surface area contributed by atoms with Crippen molar-refractivity contribution in [1.82, 2.24) is 0 Å². The lowest BCUT2D eigenvalue weighted by atomic mass is 10.1. The van der Waals surface area contributed by atoms with Crippen molar-refractivity contribution >= 4 is 78.4 Å². The van der Waals surface area contributed by atoms with E-state index in [1.807, 2.05) is 0 Å². The van der Waals surface area contributed by atoms with Crippen molar-refractivity contribution in [3.8, 4) is 0 Å². The van der Waals surface area contributed by atoms with Crippen LogP contribution in [0.3, 0.4) is 0 Å². The minimum Gasteiger partial charge on any atom is -0.117 e. The highest BCUT2D eigenvalue weighted by Gasteiger charge is 2.09. The monoisotopic (exact) mass is 484 g/mol. The van der Waals surface area contributed by atoms with Gasteiger partial charge in [0.05, 0.1) is 13.3 Å². The summed E-state index contributed by atoms with van der Waals surface area (Å²) in [4.78, 5) is 0. The molecule has 6 heteroatoms. The fraction of sp³-hybridized carbons (Fsp3) is 0.714. The Kier molecular flexibility index (Phi) is 15.4. The molecule has 0 N–H and O–H groups in total. The maximum atomic E-state index is 5.95. The van der Waals surface area contributed by atoms with E-state index >= 15 is 0 Å². The molecule has 0 bridgehead atoms. The van der Waals surface area contributed by atoms with E-state index in [0.29, 0.717) is 9.51 Å². The molecular weight excluding hydrogens is 466 g/mol. The minimum atomic E-state index is 0.0724. The molecule has 0 unspecified atom stereocenters. The fourth-order valence-electron chi connectivity index (χ4n) is 1.63. The Bertz CT molecular complexity index is 326. The molecule has 0 heterocycles. The van der Waals surface area contributed by atoms with Crippen LogP contribution in [-0.4, -0.2) is 5.75 Å². The fourth-order valence-corrected chi connectivity index (χ4v) is 4.29. The van der Waals surface area contributed by atoms with Gasteiger partial charge >= 0.3 is 0 Å². The number of thioether (sulfide) groups is 1. The van der Waals surface area contributed by atoms with Gasteiger partial charge in [0.15, 0.2) is 0 Å². The first-order chi connectivity index (χ1) is 9.50. The summed E-state index contributed by atoms with van der Waals surface area (Å²) in [7, 11) is 0. The number of unbranched alkanes of at least 4 members (excludes halogenated alkanes) is 7. The molecule has 0 aromatic carbocycles. The number of rotatable bonds is 11. The molecule has 0 aliphatic heterocycles. The Balaban J connectivity index is 3.70. The van der Waals surface area contributed by atoms with Crippen molar-refractivity contribution < 1.29 is 0 Å². The molecule has 0 aromatic heterocycles. The van der Waals surface area contributed by atoms with Crippen LogP contribution < -0.4 is 0 Å². The molecule has 0 aliphatic rings. The van der Waals surface area contributed by atoms with E-state index in [1.54, 1.807) is 11.8 Å². The second-order valence-electron chi connectivity index (χ2n) is 4.49. The summed E-state index contributed by atoms with van der Waals surface area (Å²) in [6.07, 6.45) is 10.7. The van der Waals surface area contributed by atoms with E-state index in [0.717, 1.165) is 9.57 Å². The van der Waals surface area contributed by atoms with Gasteiger partial charge in [0, 0.05) is 0 Å². The molecule has 0 spiro atoms. The standard InChI is InChI=1S/C14H21Br2Cl3S/c1-2-3-4-5-6-7-8-9-10-20-13(16)11(15)12(17)14(18)19/h2-10H2,1H3/b13-11-. The van der Waals surface area contributed by atoms with Crippen molar-refractivity contribution in [3.63, 3.8) is 0 Å². The quantitative estimate of drug-likeness (QED) is 0.207. The Morgan fingerprint density at radius 1 is 0.850 bits per heavy atom. The lowest BCUT2D eigenvalue weighted by Gasteiger charge is -2.04. The smallest absolute Gasteiger partial charge is 0.117 e. The molecule has 0 fully saturated rings. The molecule has 0 aliphatic carbocycles. The van der Waals surface area contributed by atoms with Crippen molar-refractivity contribution in [2.24, 2.45) is 0 Å². The minimum absolute atomic E-state index is 0.0724. The molecular formula is C14H21Br2Cl3S. The molecule has 20 heavy (non-hydrogen) atoms. The van der Waals surface area contributed by atoms with Crippen molar-refractivity contribution in [2.45, 2.75) is 58.3 Å². The van der Waals surface area contributed by atoms with Crippen LogP contribution in [0.1, 0.15) is 58.3 Å². The lowest BCUT2D eigenvalue weighted by Crippen LogP contribution is -1.84. The molecule has 0 amide bonds. The number of halogens is 5. The van der Waals surface area contributed by atoms with Gasteiger partial charge in [-0.3, -0.25) is 0 Å². The first-order valence-corrected chi connectivity index (χ1v) is 10.6. The first-order valence-electron chi connectivity index (χ1n) is 6.89. The zero-order chi connectivity index (χ0) is 15.4. The van der Waals surface area contributed by atoms with E-state index < -0.39 is 0 Å². The second kappa shape index (κ2) is 14.3.